The van der Waals surface area contributed by atoms with Crippen molar-refractivity contribution < 1.29 is 9.47 Å². The third-order valence-electron chi connectivity index (χ3n) is 4.70. The van der Waals surface area contributed by atoms with E-state index in [9.17, 15) is 0 Å². The number of aromatic nitrogens is 3. The number of anilines is 3. The molecule has 3 rings (SSSR count). The minimum absolute atomic E-state index is 0.471. The molecule has 0 saturated carbocycles. The van der Waals surface area contributed by atoms with Crippen LogP contribution in [0.3, 0.4) is 0 Å². The lowest BCUT2D eigenvalue weighted by molar-refractivity contribution is 0.0547. The standard InChI is InChI=1S/C24H32ClN7O2/c25-21-8-6-20(7-9-21)18-29-24-31-22(27-12-10-19-4-2-1-3-5-19)30-23(32-24)28-13-15-34-17-16-33-14-11-26/h1-9H,10-18,26H2,(H3,27,28,29,30,31,32). The molecule has 0 aliphatic carbocycles. The number of nitrogens with two attached hydrogens (primary N) is 1. The number of hydrogen-bond acceptors (Lipinski definition) is 9. The summed E-state index contributed by atoms with van der Waals surface area (Å²) >= 11 is 5.97. The van der Waals surface area contributed by atoms with Gasteiger partial charge in [-0.1, -0.05) is 54.1 Å². The molecule has 0 amide bonds. The van der Waals surface area contributed by atoms with E-state index in [4.69, 9.17) is 26.8 Å². The van der Waals surface area contributed by atoms with Crippen molar-refractivity contribution in [3.05, 3.63) is 70.7 Å². The van der Waals surface area contributed by atoms with Crippen molar-refractivity contribution in [2.24, 2.45) is 5.73 Å². The fraction of sp³-hybridized carbons (Fsp3) is 0.375. The van der Waals surface area contributed by atoms with E-state index in [1.807, 2.05) is 42.5 Å². The molecule has 34 heavy (non-hydrogen) atoms. The van der Waals surface area contributed by atoms with E-state index in [1.165, 1.54) is 5.56 Å². The second-order valence-electron chi connectivity index (χ2n) is 7.39. The summed E-state index contributed by atoms with van der Waals surface area (Å²) in [5.41, 5.74) is 7.71. The fourth-order valence-electron chi connectivity index (χ4n) is 3.00. The Bertz CT molecular complexity index is 961. The van der Waals surface area contributed by atoms with Gasteiger partial charge in [-0.05, 0) is 29.7 Å². The summed E-state index contributed by atoms with van der Waals surface area (Å²) in [6, 6.07) is 17.9. The molecular formula is C24H32ClN7O2. The lowest BCUT2D eigenvalue weighted by Crippen LogP contribution is -2.17. The number of rotatable bonds is 16. The van der Waals surface area contributed by atoms with E-state index in [-0.39, 0.29) is 0 Å². The highest BCUT2D eigenvalue weighted by molar-refractivity contribution is 6.30. The molecule has 1 aromatic heterocycles. The van der Waals surface area contributed by atoms with Crippen molar-refractivity contribution in [1.29, 1.82) is 0 Å². The average Bonchev–Trinajstić information content (AvgIpc) is 2.86. The van der Waals surface area contributed by atoms with E-state index in [1.54, 1.807) is 0 Å². The van der Waals surface area contributed by atoms with Gasteiger partial charge in [0, 0.05) is 31.2 Å². The molecule has 0 saturated heterocycles. The predicted octanol–water partition coefficient (Wildman–Crippen LogP) is 3.20. The van der Waals surface area contributed by atoms with Crippen LogP contribution in [0, 0.1) is 0 Å². The van der Waals surface area contributed by atoms with Gasteiger partial charge in [0.15, 0.2) is 0 Å². The highest BCUT2D eigenvalue weighted by atomic mass is 35.5. The van der Waals surface area contributed by atoms with Crippen molar-refractivity contribution in [3.8, 4) is 0 Å². The number of benzene rings is 2. The van der Waals surface area contributed by atoms with Crippen molar-refractivity contribution >= 4 is 29.4 Å². The van der Waals surface area contributed by atoms with Crippen molar-refractivity contribution in [2.75, 3.05) is 62.0 Å². The van der Waals surface area contributed by atoms with E-state index < -0.39 is 0 Å². The zero-order valence-electron chi connectivity index (χ0n) is 19.2. The smallest absolute Gasteiger partial charge is 0.229 e. The molecule has 0 bridgehead atoms. The Kier molecular flexibility index (Phi) is 11.3. The zero-order valence-corrected chi connectivity index (χ0v) is 19.9. The Balaban J connectivity index is 1.54. The predicted molar refractivity (Wildman–Crippen MR) is 136 cm³/mol. The van der Waals surface area contributed by atoms with Crippen LogP contribution in [-0.2, 0) is 22.4 Å². The maximum Gasteiger partial charge on any atom is 0.229 e. The molecule has 0 radical (unpaired) electrons. The maximum absolute atomic E-state index is 5.97. The molecule has 0 fully saturated rings. The fourth-order valence-corrected chi connectivity index (χ4v) is 3.13. The van der Waals surface area contributed by atoms with Gasteiger partial charge in [0.1, 0.15) is 0 Å². The molecule has 3 aromatic rings. The quantitative estimate of drug-likeness (QED) is 0.227. The molecule has 9 nitrogen and oxygen atoms in total. The first-order valence-corrected chi connectivity index (χ1v) is 11.7. The van der Waals surface area contributed by atoms with E-state index in [2.05, 4.69) is 43.0 Å². The summed E-state index contributed by atoms with van der Waals surface area (Å²) in [5, 5.41) is 10.4. The van der Waals surface area contributed by atoms with E-state index >= 15 is 0 Å². The molecule has 182 valence electrons. The van der Waals surface area contributed by atoms with Gasteiger partial charge in [-0.25, -0.2) is 0 Å². The first kappa shape index (κ1) is 25.6. The highest BCUT2D eigenvalue weighted by Crippen LogP contribution is 2.13. The molecule has 0 spiro atoms. The van der Waals surface area contributed by atoms with Crippen LogP contribution in [0.5, 0.6) is 0 Å². The lowest BCUT2D eigenvalue weighted by Gasteiger charge is -2.12. The maximum atomic E-state index is 5.97. The van der Waals surface area contributed by atoms with Crippen LogP contribution in [0.4, 0.5) is 17.8 Å². The molecular weight excluding hydrogens is 454 g/mol. The Hall–Kier alpha value is -2.98. The summed E-state index contributed by atoms with van der Waals surface area (Å²) in [4.78, 5) is 13.5. The number of nitrogens with one attached hydrogen (secondary N) is 3. The number of nitrogens with zero attached hydrogens (tertiary/aromatic N) is 3. The molecule has 0 atom stereocenters. The van der Waals surface area contributed by atoms with Crippen molar-refractivity contribution in [2.45, 2.75) is 13.0 Å². The largest absolute Gasteiger partial charge is 0.378 e. The van der Waals surface area contributed by atoms with Crippen LogP contribution >= 0.6 is 11.6 Å². The molecule has 10 heteroatoms. The van der Waals surface area contributed by atoms with E-state index in [0.717, 1.165) is 12.0 Å². The average molecular weight is 486 g/mol. The minimum Gasteiger partial charge on any atom is -0.378 e. The van der Waals surface area contributed by atoms with Gasteiger partial charge >= 0.3 is 0 Å². The van der Waals surface area contributed by atoms with Gasteiger partial charge in [-0.15, -0.1) is 0 Å². The normalized spacial score (nSPS) is 10.8. The summed E-state index contributed by atoms with van der Waals surface area (Å²) in [6.07, 6.45) is 0.864. The minimum atomic E-state index is 0.471. The summed E-state index contributed by atoms with van der Waals surface area (Å²) < 4.78 is 10.8. The van der Waals surface area contributed by atoms with Crippen molar-refractivity contribution in [3.63, 3.8) is 0 Å². The van der Waals surface area contributed by atoms with Crippen LogP contribution in [0.1, 0.15) is 11.1 Å². The second kappa shape index (κ2) is 15.0. The van der Waals surface area contributed by atoms with E-state index in [0.29, 0.717) is 75.5 Å². The van der Waals surface area contributed by atoms with Crippen molar-refractivity contribution in [1.82, 2.24) is 15.0 Å². The van der Waals surface area contributed by atoms with Gasteiger partial charge in [-0.2, -0.15) is 15.0 Å². The van der Waals surface area contributed by atoms with Crippen LogP contribution in [0.2, 0.25) is 5.02 Å². The third kappa shape index (κ3) is 9.88. The zero-order chi connectivity index (χ0) is 23.8. The van der Waals surface area contributed by atoms with Crippen LogP contribution in [0.25, 0.3) is 0 Å². The van der Waals surface area contributed by atoms with Gasteiger partial charge in [0.2, 0.25) is 17.8 Å². The van der Waals surface area contributed by atoms with Crippen LogP contribution in [0.15, 0.2) is 54.6 Å². The van der Waals surface area contributed by atoms with Gasteiger partial charge < -0.3 is 31.2 Å². The third-order valence-corrected chi connectivity index (χ3v) is 4.95. The summed E-state index contributed by atoms with van der Waals surface area (Å²) in [6.45, 7) is 4.42. The Labute approximate surface area is 205 Å². The first-order chi connectivity index (χ1) is 16.7. The molecule has 0 unspecified atom stereocenters. The number of halogens is 1. The van der Waals surface area contributed by atoms with Gasteiger partial charge in [0.25, 0.3) is 0 Å². The number of hydrogen-bond donors (Lipinski definition) is 4. The molecule has 0 aliphatic heterocycles. The molecule has 0 aliphatic rings. The number of ether oxygens (including phenoxy) is 2. The topological polar surface area (TPSA) is 119 Å². The SMILES string of the molecule is NCCOCCOCCNc1nc(NCCc2ccccc2)nc(NCc2ccc(Cl)cc2)n1. The Morgan fingerprint density at radius 1 is 0.676 bits per heavy atom. The monoisotopic (exact) mass is 485 g/mol. The van der Waals surface area contributed by atoms with Crippen LogP contribution < -0.4 is 21.7 Å². The Morgan fingerprint density at radius 2 is 1.29 bits per heavy atom. The highest BCUT2D eigenvalue weighted by Gasteiger charge is 2.07. The molecule has 5 N–H and O–H groups in total. The lowest BCUT2D eigenvalue weighted by atomic mass is 10.1. The molecule has 1 heterocycles. The second-order valence-corrected chi connectivity index (χ2v) is 7.83. The van der Waals surface area contributed by atoms with Crippen LogP contribution in [-0.4, -0.2) is 61.0 Å². The first-order valence-electron chi connectivity index (χ1n) is 11.3. The Morgan fingerprint density at radius 3 is 1.97 bits per heavy atom. The van der Waals surface area contributed by atoms with Gasteiger partial charge in [-0.3, -0.25) is 0 Å². The summed E-state index contributed by atoms with van der Waals surface area (Å²) in [7, 11) is 0. The molecule has 2 aromatic carbocycles. The van der Waals surface area contributed by atoms with Gasteiger partial charge in [0.05, 0.1) is 26.4 Å². The summed E-state index contributed by atoms with van der Waals surface area (Å²) in [5.74, 6) is 1.45.